The minimum absolute atomic E-state index is 0.138. The van der Waals surface area contributed by atoms with E-state index in [1.54, 1.807) is 13.8 Å². The fourth-order valence-corrected chi connectivity index (χ4v) is 1.06. The van der Waals surface area contributed by atoms with E-state index in [-0.39, 0.29) is 5.56 Å². The largest absolute Gasteiger partial charge is 0.478 e. The van der Waals surface area contributed by atoms with E-state index in [2.05, 4.69) is 10.3 Å². The number of nitrogens with one attached hydrogen (secondary N) is 1. The van der Waals surface area contributed by atoms with Crippen molar-refractivity contribution in [1.82, 2.24) is 4.98 Å². The number of rotatable bonds is 5. The van der Waals surface area contributed by atoms with Gasteiger partial charge >= 0.3 is 5.97 Å². The third-order valence-electron chi connectivity index (χ3n) is 2.39. The fourth-order valence-electron chi connectivity index (χ4n) is 1.06. The number of amides is 1. The zero-order valence-electron chi connectivity index (χ0n) is 9.73. The number of primary amides is 1. The number of hydrogen-bond donors (Lipinski definition) is 3. The first kappa shape index (κ1) is 13.0. The summed E-state index contributed by atoms with van der Waals surface area (Å²) in [7, 11) is 0. The van der Waals surface area contributed by atoms with Gasteiger partial charge in [0, 0.05) is 12.7 Å². The number of aromatic nitrogens is 1. The molecule has 6 heteroatoms. The summed E-state index contributed by atoms with van der Waals surface area (Å²) in [5.41, 5.74) is 4.64. The van der Waals surface area contributed by atoms with E-state index in [0.29, 0.717) is 12.4 Å². The standard InChI is InChI=1S/C11H15N3O3/c1-11(2,10(12)17)6-14-8-5-7(9(15)16)3-4-13-8/h3-5H,6H2,1-2H3,(H2,12,17)(H,13,14)(H,15,16). The highest BCUT2D eigenvalue weighted by Crippen LogP contribution is 2.15. The van der Waals surface area contributed by atoms with Crippen molar-refractivity contribution in [3.05, 3.63) is 23.9 Å². The predicted octanol–water partition coefficient (Wildman–Crippen LogP) is 0.703. The molecule has 17 heavy (non-hydrogen) atoms. The number of pyridine rings is 1. The van der Waals surface area contributed by atoms with Crippen molar-refractivity contribution in [2.75, 3.05) is 11.9 Å². The maximum absolute atomic E-state index is 11.1. The van der Waals surface area contributed by atoms with Crippen molar-refractivity contribution in [2.45, 2.75) is 13.8 Å². The van der Waals surface area contributed by atoms with Gasteiger partial charge in [0.1, 0.15) is 5.82 Å². The molecular formula is C11H15N3O3. The summed E-state index contributed by atoms with van der Waals surface area (Å²) < 4.78 is 0. The van der Waals surface area contributed by atoms with E-state index < -0.39 is 17.3 Å². The Bertz CT molecular complexity index is 443. The van der Waals surface area contributed by atoms with E-state index in [1.807, 2.05) is 0 Å². The molecule has 6 nitrogen and oxygen atoms in total. The van der Waals surface area contributed by atoms with Gasteiger partial charge in [0.2, 0.25) is 5.91 Å². The second-order valence-corrected chi connectivity index (χ2v) is 4.34. The maximum atomic E-state index is 11.1. The third-order valence-corrected chi connectivity index (χ3v) is 2.39. The zero-order chi connectivity index (χ0) is 13.1. The van der Waals surface area contributed by atoms with Crippen molar-refractivity contribution < 1.29 is 14.7 Å². The van der Waals surface area contributed by atoms with E-state index in [1.165, 1.54) is 18.3 Å². The number of nitrogens with two attached hydrogens (primary N) is 1. The number of nitrogens with zero attached hydrogens (tertiary/aromatic N) is 1. The molecule has 0 bridgehead atoms. The Labute approximate surface area is 98.8 Å². The summed E-state index contributed by atoms with van der Waals surface area (Å²) in [4.78, 5) is 25.8. The first-order valence-electron chi connectivity index (χ1n) is 5.06. The van der Waals surface area contributed by atoms with Crippen LogP contribution in [0.1, 0.15) is 24.2 Å². The second-order valence-electron chi connectivity index (χ2n) is 4.34. The number of aromatic carboxylic acids is 1. The molecule has 1 heterocycles. The zero-order valence-corrected chi connectivity index (χ0v) is 9.73. The molecule has 0 fully saturated rings. The van der Waals surface area contributed by atoms with Crippen LogP contribution in [0.25, 0.3) is 0 Å². The lowest BCUT2D eigenvalue weighted by Crippen LogP contribution is -2.37. The van der Waals surface area contributed by atoms with Crippen molar-refractivity contribution >= 4 is 17.7 Å². The Morgan fingerprint density at radius 3 is 2.71 bits per heavy atom. The van der Waals surface area contributed by atoms with Crippen LogP contribution < -0.4 is 11.1 Å². The van der Waals surface area contributed by atoms with Crippen LogP contribution in [0, 0.1) is 5.41 Å². The molecule has 0 aromatic carbocycles. The van der Waals surface area contributed by atoms with Gasteiger partial charge < -0.3 is 16.2 Å². The van der Waals surface area contributed by atoms with Crippen LogP contribution in [0.5, 0.6) is 0 Å². The smallest absolute Gasteiger partial charge is 0.335 e. The predicted molar refractivity (Wildman–Crippen MR) is 62.7 cm³/mol. The van der Waals surface area contributed by atoms with Gasteiger partial charge in [-0.25, -0.2) is 9.78 Å². The summed E-state index contributed by atoms with van der Waals surface area (Å²) in [6, 6.07) is 2.80. The lowest BCUT2D eigenvalue weighted by molar-refractivity contribution is -0.125. The topological polar surface area (TPSA) is 105 Å². The van der Waals surface area contributed by atoms with E-state index in [0.717, 1.165) is 0 Å². The summed E-state index contributed by atoms with van der Waals surface area (Å²) in [5, 5.41) is 11.7. The molecule has 0 aliphatic carbocycles. The van der Waals surface area contributed by atoms with Crippen molar-refractivity contribution in [2.24, 2.45) is 11.1 Å². The molecular weight excluding hydrogens is 222 g/mol. The van der Waals surface area contributed by atoms with Gasteiger partial charge in [-0.1, -0.05) is 0 Å². The number of carbonyl (C=O) groups is 2. The van der Waals surface area contributed by atoms with Gasteiger partial charge in [-0.05, 0) is 26.0 Å². The number of anilines is 1. The highest BCUT2D eigenvalue weighted by molar-refractivity contribution is 5.88. The molecule has 0 atom stereocenters. The SMILES string of the molecule is CC(C)(CNc1cc(C(=O)O)ccn1)C(N)=O. The fraction of sp³-hybridized carbons (Fsp3) is 0.364. The lowest BCUT2D eigenvalue weighted by atomic mass is 9.93. The first-order chi connectivity index (χ1) is 7.83. The third kappa shape index (κ3) is 3.44. The van der Waals surface area contributed by atoms with E-state index >= 15 is 0 Å². The van der Waals surface area contributed by atoms with Crippen LogP contribution >= 0.6 is 0 Å². The van der Waals surface area contributed by atoms with Crippen LogP contribution in [-0.4, -0.2) is 28.5 Å². The maximum Gasteiger partial charge on any atom is 0.335 e. The van der Waals surface area contributed by atoms with Crippen LogP contribution in [0.15, 0.2) is 18.3 Å². The molecule has 0 saturated heterocycles. The molecule has 0 radical (unpaired) electrons. The molecule has 4 N–H and O–H groups in total. The van der Waals surface area contributed by atoms with Crippen LogP contribution in [0.2, 0.25) is 0 Å². The Kier molecular flexibility index (Phi) is 3.67. The molecule has 1 amide bonds. The number of hydrogen-bond acceptors (Lipinski definition) is 4. The number of carbonyl (C=O) groups excluding carboxylic acids is 1. The Hall–Kier alpha value is -2.11. The average molecular weight is 237 g/mol. The molecule has 0 spiro atoms. The Morgan fingerprint density at radius 2 is 2.18 bits per heavy atom. The van der Waals surface area contributed by atoms with Gasteiger partial charge in [-0.3, -0.25) is 4.79 Å². The minimum atomic E-state index is -1.02. The van der Waals surface area contributed by atoms with Crippen LogP contribution in [0.4, 0.5) is 5.82 Å². The number of carboxylic acid groups (broad SMARTS) is 1. The minimum Gasteiger partial charge on any atom is -0.478 e. The lowest BCUT2D eigenvalue weighted by Gasteiger charge is -2.21. The van der Waals surface area contributed by atoms with Gasteiger partial charge in [0.25, 0.3) is 0 Å². The highest BCUT2D eigenvalue weighted by Gasteiger charge is 2.24. The van der Waals surface area contributed by atoms with Crippen LogP contribution in [-0.2, 0) is 4.79 Å². The van der Waals surface area contributed by atoms with Gasteiger partial charge in [-0.2, -0.15) is 0 Å². The van der Waals surface area contributed by atoms with E-state index in [9.17, 15) is 9.59 Å². The van der Waals surface area contributed by atoms with E-state index in [4.69, 9.17) is 10.8 Å². The normalized spacial score (nSPS) is 10.9. The van der Waals surface area contributed by atoms with Crippen LogP contribution in [0.3, 0.4) is 0 Å². The van der Waals surface area contributed by atoms with Crippen molar-refractivity contribution in [1.29, 1.82) is 0 Å². The summed E-state index contributed by atoms with van der Waals surface area (Å²) in [6.07, 6.45) is 1.39. The van der Waals surface area contributed by atoms with Crippen molar-refractivity contribution in [3.63, 3.8) is 0 Å². The Balaban J connectivity index is 2.73. The molecule has 0 aliphatic heterocycles. The first-order valence-corrected chi connectivity index (χ1v) is 5.06. The summed E-state index contributed by atoms with van der Waals surface area (Å²) in [5.74, 6) is -1.05. The molecule has 1 aromatic heterocycles. The van der Waals surface area contributed by atoms with Gasteiger partial charge in [0.15, 0.2) is 0 Å². The van der Waals surface area contributed by atoms with Crippen molar-refractivity contribution in [3.8, 4) is 0 Å². The molecule has 92 valence electrons. The monoisotopic (exact) mass is 237 g/mol. The summed E-state index contributed by atoms with van der Waals surface area (Å²) in [6.45, 7) is 3.69. The molecule has 0 aliphatic rings. The average Bonchev–Trinajstić information content (AvgIpc) is 2.26. The quantitative estimate of drug-likeness (QED) is 0.699. The van der Waals surface area contributed by atoms with Gasteiger partial charge in [0.05, 0.1) is 11.0 Å². The number of carboxylic acids is 1. The molecule has 1 rings (SSSR count). The second kappa shape index (κ2) is 4.82. The molecule has 1 aromatic rings. The molecule has 0 unspecified atom stereocenters. The molecule has 0 saturated carbocycles. The highest BCUT2D eigenvalue weighted by atomic mass is 16.4. The van der Waals surface area contributed by atoms with Gasteiger partial charge in [-0.15, -0.1) is 0 Å². The summed E-state index contributed by atoms with van der Waals surface area (Å²) >= 11 is 0. The Morgan fingerprint density at radius 1 is 1.53 bits per heavy atom.